The molecule has 3 N–H and O–H groups in total. The van der Waals surface area contributed by atoms with Crippen LogP contribution in [0.25, 0.3) is 16.6 Å². The molecule has 0 saturated carbocycles. The van der Waals surface area contributed by atoms with Crippen molar-refractivity contribution in [1.29, 1.82) is 0 Å². The molecule has 0 radical (unpaired) electrons. The molecule has 0 bridgehead atoms. The SMILES string of the molecule is Cc1ccc(S(=O)c2n[nH]n3c2nc(=O)c2ccc(N4CCN(CC(=O)NCc5cccc(O)c5)CC4)cc23)c(C)c1. The number of fused-ring (bicyclic) bond motifs is 3. The summed E-state index contributed by atoms with van der Waals surface area (Å²) in [6.45, 7) is 7.35. The van der Waals surface area contributed by atoms with E-state index in [0.29, 0.717) is 55.1 Å². The summed E-state index contributed by atoms with van der Waals surface area (Å²) in [4.78, 5) is 34.6. The zero-order chi connectivity index (χ0) is 29.4. The van der Waals surface area contributed by atoms with Gasteiger partial charge in [0.05, 0.1) is 17.4 Å². The van der Waals surface area contributed by atoms with E-state index in [4.69, 9.17) is 0 Å². The second kappa shape index (κ2) is 11.4. The highest BCUT2D eigenvalue weighted by Gasteiger charge is 2.23. The Kier molecular flexibility index (Phi) is 7.48. The van der Waals surface area contributed by atoms with Gasteiger partial charge in [-0.1, -0.05) is 29.8 Å². The lowest BCUT2D eigenvalue weighted by atomic mass is 10.2. The second-order valence-corrected chi connectivity index (χ2v) is 11.9. The molecule has 1 aliphatic heterocycles. The number of hydrogen-bond donors (Lipinski definition) is 3. The molecule has 11 nitrogen and oxygen atoms in total. The number of phenolic OH excluding ortho intramolecular Hbond substituents is 1. The fraction of sp³-hybridized carbons (Fsp3) is 0.267. The van der Waals surface area contributed by atoms with Crippen molar-refractivity contribution in [1.82, 2.24) is 30.0 Å². The number of aromatic hydroxyl groups is 1. The molecule has 0 spiro atoms. The summed E-state index contributed by atoms with van der Waals surface area (Å²) in [5.41, 5.74) is 4.17. The molecule has 42 heavy (non-hydrogen) atoms. The maximum absolute atomic E-state index is 13.5. The number of nitrogens with one attached hydrogen (secondary N) is 2. The number of anilines is 1. The standard InChI is InChI=1S/C30H31N7O4S/c1-19-6-9-26(20(2)14-19)42(41)30-28-32-29(40)24-8-7-22(16-25(24)37(28)34-33-30)36-12-10-35(11-13-36)18-27(39)31-17-21-4-3-5-23(38)15-21/h3-9,14-16,34,38H,10-13,17-18H2,1-2H3,(H,31,39). The Bertz CT molecular complexity index is 1890. The number of piperazine rings is 1. The lowest BCUT2D eigenvalue weighted by Gasteiger charge is -2.35. The summed E-state index contributed by atoms with van der Waals surface area (Å²) in [5.74, 6) is 0.105. The predicted octanol–water partition coefficient (Wildman–Crippen LogP) is 2.50. The number of carbonyl (C=O) groups excluding carboxylic acids is 1. The summed E-state index contributed by atoms with van der Waals surface area (Å²) < 4.78 is 15.1. The van der Waals surface area contributed by atoms with E-state index < -0.39 is 16.4 Å². The van der Waals surface area contributed by atoms with Gasteiger partial charge in [0.25, 0.3) is 5.56 Å². The quantitative estimate of drug-likeness (QED) is 0.265. The van der Waals surface area contributed by atoms with Gasteiger partial charge in [0, 0.05) is 43.3 Å². The normalized spacial score (nSPS) is 14.9. The monoisotopic (exact) mass is 585 g/mol. The average Bonchev–Trinajstić information content (AvgIpc) is 3.40. The molecule has 6 rings (SSSR count). The van der Waals surface area contributed by atoms with Crippen LogP contribution < -0.4 is 15.8 Å². The highest BCUT2D eigenvalue weighted by atomic mass is 32.2. The van der Waals surface area contributed by atoms with E-state index in [9.17, 15) is 18.9 Å². The fourth-order valence-electron chi connectivity index (χ4n) is 5.32. The van der Waals surface area contributed by atoms with Gasteiger partial charge in [-0.25, -0.2) is 13.9 Å². The third-order valence-corrected chi connectivity index (χ3v) is 9.01. The maximum Gasteiger partial charge on any atom is 0.281 e. The number of hydrogen-bond acceptors (Lipinski definition) is 8. The van der Waals surface area contributed by atoms with Gasteiger partial charge in [-0.05, 0) is 61.4 Å². The van der Waals surface area contributed by atoms with Gasteiger partial charge in [-0.15, -0.1) is 5.10 Å². The summed E-state index contributed by atoms with van der Waals surface area (Å²) in [7, 11) is -1.62. The highest BCUT2D eigenvalue weighted by molar-refractivity contribution is 7.85. The largest absolute Gasteiger partial charge is 0.508 e. The number of amides is 1. The van der Waals surface area contributed by atoms with E-state index in [2.05, 4.69) is 30.4 Å². The van der Waals surface area contributed by atoms with Gasteiger partial charge in [0.1, 0.15) is 16.5 Å². The zero-order valence-electron chi connectivity index (χ0n) is 23.3. The van der Waals surface area contributed by atoms with Crippen molar-refractivity contribution in [3.8, 4) is 5.75 Å². The van der Waals surface area contributed by atoms with Gasteiger partial charge in [-0.2, -0.15) is 4.98 Å². The number of aryl methyl sites for hydroxylation is 2. The number of aromatic nitrogens is 4. The Morgan fingerprint density at radius 1 is 1.05 bits per heavy atom. The number of carbonyl (C=O) groups is 1. The third-order valence-electron chi connectivity index (χ3n) is 7.53. The summed E-state index contributed by atoms with van der Waals surface area (Å²) in [5, 5.41) is 20.4. The Morgan fingerprint density at radius 3 is 2.62 bits per heavy atom. The van der Waals surface area contributed by atoms with Crippen molar-refractivity contribution >= 4 is 38.9 Å². The predicted molar refractivity (Wildman–Crippen MR) is 160 cm³/mol. The van der Waals surface area contributed by atoms with E-state index in [1.54, 1.807) is 28.8 Å². The second-order valence-electron chi connectivity index (χ2n) is 10.5. The van der Waals surface area contributed by atoms with Crippen LogP contribution >= 0.6 is 0 Å². The van der Waals surface area contributed by atoms with Crippen molar-refractivity contribution in [3.63, 3.8) is 0 Å². The molecule has 216 valence electrons. The van der Waals surface area contributed by atoms with E-state index in [-0.39, 0.29) is 22.3 Å². The summed E-state index contributed by atoms with van der Waals surface area (Å²) in [6, 6.07) is 18.1. The smallest absolute Gasteiger partial charge is 0.281 e. The first-order valence-corrected chi connectivity index (χ1v) is 14.8. The lowest BCUT2D eigenvalue weighted by Crippen LogP contribution is -2.49. The molecule has 2 aromatic heterocycles. The van der Waals surface area contributed by atoms with Crippen LogP contribution in [0.3, 0.4) is 0 Å². The molecule has 5 aromatic rings. The third kappa shape index (κ3) is 5.50. The van der Waals surface area contributed by atoms with Gasteiger partial charge < -0.3 is 15.3 Å². The molecule has 1 fully saturated rings. The molecule has 3 heterocycles. The van der Waals surface area contributed by atoms with Crippen LogP contribution in [0, 0.1) is 13.8 Å². The average molecular weight is 586 g/mol. The van der Waals surface area contributed by atoms with E-state index >= 15 is 0 Å². The molecule has 1 aliphatic rings. The van der Waals surface area contributed by atoms with E-state index in [0.717, 1.165) is 22.4 Å². The molecule has 1 unspecified atom stereocenters. The molecular weight excluding hydrogens is 554 g/mol. The number of rotatable bonds is 7. The number of nitrogens with zero attached hydrogens (tertiary/aromatic N) is 5. The molecule has 1 amide bonds. The minimum absolute atomic E-state index is 0.0694. The first-order valence-electron chi connectivity index (χ1n) is 13.7. The Hall–Kier alpha value is -4.55. The molecule has 1 saturated heterocycles. The Labute approximate surface area is 244 Å². The van der Waals surface area contributed by atoms with Crippen LogP contribution in [0.5, 0.6) is 5.75 Å². The molecule has 0 aliphatic carbocycles. The van der Waals surface area contributed by atoms with Crippen LogP contribution in [0.2, 0.25) is 0 Å². The minimum Gasteiger partial charge on any atom is -0.508 e. The number of H-pyrrole nitrogens is 1. The first kappa shape index (κ1) is 27.6. The Balaban J connectivity index is 1.17. The van der Waals surface area contributed by atoms with Crippen LogP contribution in [-0.4, -0.2) is 72.7 Å². The zero-order valence-corrected chi connectivity index (χ0v) is 24.1. The van der Waals surface area contributed by atoms with Crippen LogP contribution in [0.1, 0.15) is 16.7 Å². The Morgan fingerprint density at radius 2 is 1.86 bits per heavy atom. The molecule has 12 heteroatoms. The molecular formula is C30H31N7O4S. The summed E-state index contributed by atoms with van der Waals surface area (Å²) >= 11 is 0. The van der Waals surface area contributed by atoms with E-state index in [1.807, 2.05) is 50.2 Å². The van der Waals surface area contributed by atoms with Gasteiger partial charge >= 0.3 is 0 Å². The molecule has 1 atom stereocenters. The first-order chi connectivity index (χ1) is 20.3. The lowest BCUT2D eigenvalue weighted by molar-refractivity contribution is -0.122. The van der Waals surface area contributed by atoms with E-state index in [1.165, 1.54) is 0 Å². The maximum atomic E-state index is 13.5. The van der Waals surface area contributed by atoms with Crippen molar-refractivity contribution in [3.05, 3.63) is 87.7 Å². The molecule has 3 aromatic carbocycles. The fourth-order valence-corrected chi connectivity index (χ4v) is 6.50. The van der Waals surface area contributed by atoms with Gasteiger partial charge in [-0.3, -0.25) is 14.5 Å². The van der Waals surface area contributed by atoms with Crippen LogP contribution in [-0.2, 0) is 22.1 Å². The van der Waals surface area contributed by atoms with Gasteiger partial charge in [0.15, 0.2) is 10.7 Å². The highest BCUT2D eigenvalue weighted by Crippen LogP contribution is 2.25. The van der Waals surface area contributed by atoms with Crippen LogP contribution in [0.15, 0.2) is 75.4 Å². The minimum atomic E-state index is -1.62. The van der Waals surface area contributed by atoms with Crippen molar-refractivity contribution in [2.75, 3.05) is 37.6 Å². The number of phenols is 1. The number of aromatic amines is 1. The number of benzene rings is 3. The summed E-state index contributed by atoms with van der Waals surface area (Å²) in [6.07, 6.45) is 0. The van der Waals surface area contributed by atoms with Crippen LogP contribution in [0.4, 0.5) is 5.69 Å². The van der Waals surface area contributed by atoms with Crippen molar-refractivity contribution in [2.24, 2.45) is 0 Å². The topological polar surface area (TPSA) is 136 Å². The van der Waals surface area contributed by atoms with Gasteiger partial charge in [0.2, 0.25) is 5.91 Å². The van der Waals surface area contributed by atoms with Crippen molar-refractivity contribution < 1.29 is 14.1 Å². The van der Waals surface area contributed by atoms with Crippen molar-refractivity contribution in [2.45, 2.75) is 30.3 Å².